The summed E-state index contributed by atoms with van der Waals surface area (Å²) in [6.45, 7) is 4.89. The molecule has 0 atom stereocenters. The van der Waals surface area contributed by atoms with Gasteiger partial charge in [-0.25, -0.2) is 4.79 Å². The number of allylic oxidation sites excluding steroid dienone is 1. The number of carbonyl (C=O) groups is 3. The number of nitrogens with one attached hydrogen (secondary N) is 2. The molecule has 0 fully saturated rings. The van der Waals surface area contributed by atoms with Gasteiger partial charge in [-0.05, 0) is 31.5 Å². The zero-order chi connectivity index (χ0) is 16.0. The van der Waals surface area contributed by atoms with E-state index >= 15 is 0 Å². The Balaban J connectivity index is 3.07. The van der Waals surface area contributed by atoms with E-state index in [0.29, 0.717) is 17.7 Å². The lowest BCUT2D eigenvalue weighted by Gasteiger charge is -2.11. The van der Waals surface area contributed by atoms with Crippen LogP contribution < -0.4 is 10.6 Å². The summed E-state index contributed by atoms with van der Waals surface area (Å²) < 4.78 is 0. The van der Waals surface area contributed by atoms with Gasteiger partial charge in [-0.3, -0.25) is 9.59 Å². The number of aromatic carboxylic acids is 1. The first-order valence-electron chi connectivity index (χ1n) is 6.48. The number of hydrogen-bond donors (Lipinski definition) is 3. The second-order valence-electron chi connectivity index (χ2n) is 4.50. The Hall–Kier alpha value is -2.63. The molecule has 0 aliphatic carbocycles. The predicted molar refractivity (Wildman–Crippen MR) is 80.4 cm³/mol. The van der Waals surface area contributed by atoms with Crippen LogP contribution in [0, 0.1) is 0 Å². The molecule has 21 heavy (non-hydrogen) atoms. The van der Waals surface area contributed by atoms with Crippen molar-refractivity contribution in [2.75, 3.05) is 10.6 Å². The number of anilines is 2. The smallest absolute Gasteiger partial charge is 0.337 e. The van der Waals surface area contributed by atoms with Gasteiger partial charge in [0.25, 0.3) is 5.91 Å². The fourth-order valence-electron chi connectivity index (χ4n) is 1.73. The molecule has 3 N–H and O–H groups in total. The molecule has 0 aliphatic heterocycles. The number of carboxylic acid groups (broad SMARTS) is 1. The Labute approximate surface area is 122 Å². The van der Waals surface area contributed by atoms with E-state index in [4.69, 9.17) is 0 Å². The highest BCUT2D eigenvalue weighted by atomic mass is 16.4. The van der Waals surface area contributed by atoms with Gasteiger partial charge in [-0.2, -0.15) is 0 Å². The number of amides is 2. The highest BCUT2D eigenvalue weighted by molar-refractivity contribution is 6.07. The first kappa shape index (κ1) is 16.4. The molecular weight excluding hydrogens is 272 g/mol. The Morgan fingerprint density at radius 2 is 1.86 bits per heavy atom. The van der Waals surface area contributed by atoms with Gasteiger partial charge in [0.1, 0.15) is 0 Å². The third-order valence-electron chi connectivity index (χ3n) is 2.69. The maximum atomic E-state index is 11.9. The van der Waals surface area contributed by atoms with E-state index in [1.807, 2.05) is 6.92 Å². The van der Waals surface area contributed by atoms with Gasteiger partial charge in [0.2, 0.25) is 5.91 Å². The van der Waals surface area contributed by atoms with E-state index in [1.165, 1.54) is 25.1 Å². The average molecular weight is 290 g/mol. The number of carboxylic acids is 1. The average Bonchev–Trinajstić information content (AvgIpc) is 2.39. The molecule has 6 heteroatoms. The van der Waals surface area contributed by atoms with Gasteiger partial charge in [0.15, 0.2) is 0 Å². The minimum atomic E-state index is -1.19. The highest BCUT2D eigenvalue weighted by Gasteiger charge is 2.14. The molecule has 1 aromatic rings. The van der Waals surface area contributed by atoms with Crippen LogP contribution in [0.5, 0.6) is 0 Å². The largest absolute Gasteiger partial charge is 0.478 e. The van der Waals surface area contributed by atoms with Crippen molar-refractivity contribution in [2.45, 2.75) is 27.2 Å². The van der Waals surface area contributed by atoms with Crippen molar-refractivity contribution < 1.29 is 19.5 Å². The van der Waals surface area contributed by atoms with Crippen LogP contribution in [0.15, 0.2) is 29.8 Å². The van der Waals surface area contributed by atoms with Crippen LogP contribution in [0.2, 0.25) is 0 Å². The SMILES string of the molecule is CC/C=C(/C)C(=O)Nc1ccc(NC(C)=O)cc1C(=O)O. The van der Waals surface area contributed by atoms with Gasteiger partial charge >= 0.3 is 5.97 Å². The van der Waals surface area contributed by atoms with Crippen LogP contribution in [0.3, 0.4) is 0 Å². The monoisotopic (exact) mass is 290 g/mol. The molecule has 0 unspecified atom stereocenters. The summed E-state index contributed by atoms with van der Waals surface area (Å²) in [5, 5.41) is 14.3. The van der Waals surface area contributed by atoms with E-state index in [-0.39, 0.29) is 23.1 Å². The van der Waals surface area contributed by atoms with E-state index in [1.54, 1.807) is 13.0 Å². The first-order valence-corrected chi connectivity index (χ1v) is 6.48. The van der Waals surface area contributed by atoms with Crippen molar-refractivity contribution in [2.24, 2.45) is 0 Å². The van der Waals surface area contributed by atoms with Gasteiger partial charge in [0, 0.05) is 18.2 Å². The van der Waals surface area contributed by atoms with Crippen molar-refractivity contribution in [3.8, 4) is 0 Å². The second-order valence-corrected chi connectivity index (χ2v) is 4.50. The number of hydrogen-bond acceptors (Lipinski definition) is 3. The fourth-order valence-corrected chi connectivity index (χ4v) is 1.73. The molecule has 0 heterocycles. The lowest BCUT2D eigenvalue weighted by Crippen LogP contribution is -2.16. The zero-order valence-electron chi connectivity index (χ0n) is 12.2. The van der Waals surface area contributed by atoms with Gasteiger partial charge in [0.05, 0.1) is 11.3 Å². The Morgan fingerprint density at radius 3 is 2.38 bits per heavy atom. The molecule has 2 amide bonds. The summed E-state index contributed by atoms with van der Waals surface area (Å²) in [6, 6.07) is 4.28. The quantitative estimate of drug-likeness (QED) is 0.726. The highest BCUT2D eigenvalue weighted by Crippen LogP contribution is 2.21. The standard InChI is InChI=1S/C15H18N2O4/c1-4-5-9(2)14(19)17-13-7-6-11(16-10(3)18)8-12(13)15(20)21/h5-8H,4H2,1-3H3,(H,16,18)(H,17,19)(H,20,21)/b9-5-. The van der Waals surface area contributed by atoms with Gasteiger partial charge < -0.3 is 15.7 Å². The van der Waals surface area contributed by atoms with Crippen LogP contribution in [-0.2, 0) is 9.59 Å². The molecule has 1 aromatic carbocycles. The molecule has 0 bridgehead atoms. The van der Waals surface area contributed by atoms with Crippen molar-refractivity contribution >= 4 is 29.2 Å². The molecule has 0 saturated heterocycles. The summed E-state index contributed by atoms with van der Waals surface area (Å²) >= 11 is 0. The number of carbonyl (C=O) groups excluding carboxylic acids is 2. The summed E-state index contributed by atoms with van der Waals surface area (Å²) in [6.07, 6.45) is 2.47. The maximum Gasteiger partial charge on any atom is 0.337 e. The normalized spacial score (nSPS) is 10.9. The Bertz CT molecular complexity index is 606. The van der Waals surface area contributed by atoms with Crippen molar-refractivity contribution in [1.82, 2.24) is 0 Å². The molecule has 0 saturated carbocycles. The first-order chi connectivity index (χ1) is 9.85. The van der Waals surface area contributed by atoms with Crippen LogP contribution in [0.25, 0.3) is 0 Å². The molecular formula is C15H18N2O4. The van der Waals surface area contributed by atoms with Crippen molar-refractivity contribution in [3.05, 3.63) is 35.4 Å². The summed E-state index contributed by atoms with van der Waals surface area (Å²) in [5.41, 5.74) is 0.975. The summed E-state index contributed by atoms with van der Waals surface area (Å²) in [4.78, 5) is 34.1. The lowest BCUT2D eigenvalue weighted by molar-refractivity contribution is -0.114. The maximum absolute atomic E-state index is 11.9. The third kappa shape index (κ3) is 4.76. The predicted octanol–water partition coefficient (Wildman–Crippen LogP) is 2.64. The van der Waals surface area contributed by atoms with E-state index in [9.17, 15) is 19.5 Å². The van der Waals surface area contributed by atoms with Crippen LogP contribution in [-0.4, -0.2) is 22.9 Å². The lowest BCUT2D eigenvalue weighted by atomic mass is 10.1. The van der Waals surface area contributed by atoms with Crippen LogP contribution >= 0.6 is 0 Å². The summed E-state index contributed by atoms with van der Waals surface area (Å²) in [7, 11) is 0. The molecule has 1 rings (SSSR count). The van der Waals surface area contributed by atoms with Crippen LogP contribution in [0.4, 0.5) is 11.4 Å². The summed E-state index contributed by atoms with van der Waals surface area (Å²) in [5.74, 6) is -1.84. The minimum Gasteiger partial charge on any atom is -0.478 e. The van der Waals surface area contributed by atoms with Crippen molar-refractivity contribution in [1.29, 1.82) is 0 Å². The van der Waals surface area contributed by atoms with Gasteiger partial charge in [-0.15, -0.1) is 0 Å². The fraction of sp³-hybridized carbons (Fsp3) is 0.267. The minimum absolute atomic E-state index is 0.0844. The third-order valence-corrected chi connectivity index (χ3v) is 2.69. The van der Waals surface area contributed by atoms with Crippen molar-refractivity contribution in [3.63, 3.8) is 0 Å². The Kier molecular flexibility index (Phi) is 5.66. The van der Waals surface area contributed by atoms with E-state index in [0.717, 1.165) is 0 Å². The molecule has 0 radical (unpaired) electrons. The number of benzene rings is 1. The molecule has 112 valence electrons. The molecule has 6 nitrogen and oxygen atoms in total. The van der Waals surface area contributed by atoms with E-state index in [2.05, 4.69) is 10.6 Å². The topological polar surface area (TPSA) is 95.5 Å². The Morgan fingerprint density at radius 1 is 1.19 bits per heavy atom. The molecule has 0 spiro atoms. The molecule has 0 aromatic heterocycles. The van der Waals surface area contributed by atoms with E-state index < -0.39 is 5.97 Å². The number of rotatable bonds is 5. The van der Waals surface area contributed by atoms with Gasteiger partial charge in [-0.1, -0.05) is 13.0 Å². The molecule has 0 aliphatic rings. The zero-order valence-corrected chi connectivity index (χ0v) is 12.2. The van der Waals surface area contributed by atoms with Crippen LogP contribution in [0.1, 0.15) is 37.6 Å². The second kappa shape index (κ2) is 7.23.